The molecule has 0 radical (unpaired) electrons. The molecule has 0 N–H and O–H groups in total. The van der Waals surface area contributed by atoms with E-state index in [0.717, 1.165) is 17.7 Å². The second kappa shape index (κ2) is 23.8. The van der Waals surface area contributed by atoms with Crippen LogP contribution in [0.25, 0.3) is 0 Å². The smallest absolute Gasteiger partial charge is 0.343 e. The van der Waals surface area contributed by atoms with Gasteiger partial charge in [0.2, 0.25) is 0 Å². The van der Waals surface area contributed by atoms with E-state index in [-0.39, 0.29) is 5.75 Å². The second-order valence-corrected chi connectivity index (χ2v) is 12.3. The lowest BCUT2D eigenvalue weighted by molar-refractivity contribution is -0.138. The Balaban J connectivity index is 1.24. The van der Waals surface area contributed by atoms with Gasteiger partial charge in [0.15, 0.2) is 11.5 Å². The number of carbonyl (C=O) groups excluding carboxylic acids is 4. The summed E-state index contributed by atoms with van der Waals surface area (Å²) < 4.78 is 37.9. The number of hydrogen-bond donors (Lipinski definition) is 0. The number of nitrogens with zero attached hydrogens (tertiary/aromatic N) is 2. The minimum absolute atomic E-state index is 0.237. The van der Waals surface area contributed by atoms with Crippen molar-refractivity contribution in [1.29, 1.82) is 0 Å². The molecule has 302 valence electrons. The molecule has 0 aliphatic carbocycles. The lowest BCUT2D eigenvalue weighted by atomic mass is 10.1. The number of benzene rings is 4. The van der Waals surface area contributed by atoms with E-state index in [1.165, 1.54) is 7.11 Å². The summed E-state index contributed by atoms with van der Waals surface area (Å²) in [4.78, 5) is 47.8. The second-order valence-electron chi connectivity index (χ2n) is 12.3. The molecule has 0 saturated heterocycles. The van der Waals surface area contributed by atoms with Crippen LogP contribution in [0.2, 0.25) is 0 Å². The van der Waals surface area contributed by atoms with Crippen molar-refractivity contribution in [2.45, 2.75) is 39.0 Å². The van der Waals surface area contributed by atoms with Crippen LogP contribution in [0.1, 0.15) is 70.9 Å². The highest BCUT2D eigenvalue weighted by Gasteiger charge is 2.14. The molecule has 0 fully saturated rings. The van der Waals surface area contributed by atoms with Gasteiger partial charge in [0, 0.05) is 12.2 Å². The summed E-state index contributed by atoms with van der Waals surface area (Å²) in [6.45, 7) is 10.1. The average Bonchev–Trinajstić information content (AvgIpc) is 3.25. The Labute approximate surface area is 337 Å². The van der Waals surface area contributed by atoms with Crippen molar-refractivity contribution in [1.82, 2.24) is 0 Å². The van der Waals surface area contributed by atoms with Crippen molar-refractivity contribution in [2.24, 2.45) is 10.2 Å². The summed E-state index contributed by atoms with van der Waals surface area (Å²) in [7, 11) is 1.47. The first-order valence-corrected chi connectivity index (χ1v) is 18.6. The molecule has 4 aromatic carbocycles. The average molecular weight is 791 g/mol. The third kappa shape index (κ3) is 14.6. The largest absolute Gasteiger partial charge is 0.494 e. The molecule has 58 heavy (non-hydrogen) atoms. The summed E-state index contributed by atoms with van der Waals surface area (Å²) in [5.41, 5.74) is 2.89. The molecule has 0 amide bonds. The molecule has 0 aromatic heterocycles. The molecule has 4 rings (SSSR count). The highest BCUT2D eigenvalue weighted by atomic mass is 16.6. The zero-order valence-electron chi connectivity index (χ0n) is 32.6. The Morgan fingerprint density at radius 3 is 1.57 bits per heavy atom. The van der Waals surface area contributed by atoms with E-state index in [4.69, 9.17) is 33.2 Å². The minimum Gasteiger partial charge on any atom is -0.494 e. The Kier molecular flexibility index (Phi) is 17.9. The molecule has 13 nitrogen and oxygen atoms in total. The summed E-state index contributed by atoms with van der Waals surface area (Å²) in [6.07, 6.45) is 7.10. The van der Waals surface area contributed by atoms with Gasteiger partial charge in [0.05, 0.1) is 56.6 Å². The van der Waals surface area contributed by atoms with Gasteiger partial charge in [0.25, 0.3) is 0 Å². The Morgan fingerprint density at radius 2 is 1.07 bits per heavy atom. The predicted molar refractivity (Wildman–Crippen MR) is 218 cm³/mol. The molecule has 0 bridgehead atoms. The molecule has 0 unspecified atom stereocenters. The number of methoxy groups -OCH3 is 1. The topological polar surface area (TPSA) is 158 Å². The molecule has 0 spiro atoms. The number of rotatable bonds is 23. The summed E-state index contributed by atoms with van der Waals surface area (Å²) in [5, 5.41) is 8.66. The zero-order chi connectivity index (χ0) is 41.5. The number of ether oxygens (including phenoxy) is 7. The van der Waals surface area contributed by atoms with Crippen LogP contribution in [0.5, 0.6) is 28.7 Å². The first-order chi connectivity index (χ1) is 28.2. The fraction of sp³-hybridized carbons (Fsp3) is 0.244. The first kappa shape index (κ1) is 43.7. The molecule has 13 heteroatoms. The normalized spacial score (nSPS) is 11.0. The van der Waals surface area contributed by atoms with Crippen LogP contribution in [0.15, 0.2) is 127 Å². The predicted octanol–water partition coefficient (Wildman–Crippen LogP) is 8.14. The van der Waals surface area contributed by atoms with Crippen LogP contribution in [0.3, 0.4) is 0 Å². The molecular formula is C45H46N2O11. The summed E-state index contributed by atoms with van der Waals surface area (Å²) >= 11 is 0. The van der Waals surface area contributed by atoms with Gasteiger partial charge in [-0.3, -0.25) is 0 Å². The molecular weight excluding hydrogens is 744 g/mol. The van der Waals surface area contributed by atoms with Crippen molar-refractivity contribution >= 4 is 35.8 Å². The molecule has 0 aliphatic heterocycles. The molecule has 0 heterocycles. The number of unbranched alkanes of at least 4 members (excludes halogenated alkanes) is 2. The lowest BCUT2D eigenvalue weighted by Gasteiger charge is -2.10. The Morgan fingerprint density at radius 1 is 0.586 bits per heavy atom. The number of esters is 4. The maximum atomic E-state index is 12.9. The van der Waals surface area contributed by atoms with Crippen LogP contribution in [-0.2, 0) is 19.1 Å². The van der Waals surface area contributed by atoms with E-state index in [0.29, 0.717) is 104 Å². The van der Waals surface area contributed by atoms with Gasteiger partial charge in [-0.15, -0.1) is 0 Å². The van der Waals surface area contributed by atoms with E-state index < -0.39 is 23.9 Å². The van der Waals surface area contributed by atoms with Gasteiger partial charge in [-0.25, -0.2) is 19.2 Å². The lowest BCUT2D eigenvalue weighted by Crippen LogP contribution is -2.09. The molecule has 0 saturated carbocycles. The van der Waals surface area contributed by atoms with Crippen LogP contribution in [0.4, 0.5) is 0 Å². The zero-order valence-corrected chi connectivity index (χ0v) is 32.6. The number of hydrogen-bond acceptors (Lipinski definition) is 13. The fourth-order valence-electron chi connectivity index (χ4n) is 5.01. The van der Waals surface area contributed by atoms with Crippen molar-refractivity contribution in [3.63, 3.8) is 0 Å². The Hall–Kier alpha value is -7.02. The number of carbonyl (C=O) groups is 4. The SMILES string of the molecule is C=CC(=O)OCCCCOc1ccc(C(=O)Oc2ccc(C(CC)=NN=Cc3ccc(OC(=O)c4ccc(OCCCCOC(=O)C=C)cc4)c(OC)c3)cc2)cc1. The van der Waals surface area contributed by atoms with Gasteiger partial charge in [-0.2, -0.15) is 10.2 Å². The standard InChI is InChI=1S/C45H46N2O11/c1-5-39(33-13-23-38(24-14-33)57-44(50)34-15-19-36(20-16-34)53-26-8-10-28-55-42(48)6-2)47-46-31-32-12-25-40(41(30-32)52-4)58-45(51)35-17-21-37(22-18-35)54-27-9-11-29-56-43(49)7-3/h6-7,12-25,30-31H,2-3,5,8-11,26-29H2,1,4H3. The third-order valence-corrected chi connectivity index (χ3v) is 8.13. The van der Waals surface area contributed by atoms with Crippen LogP contribution in [0, 0.1) is 0 Å². The quantitative estimate of drug-likeness (QED) is 0.0178. The van der Waals surface area contributed by atoms with Crippen molar-refractivity contribution < 1.29 is 52.3 Å². The highest BCUT2D eigenvalue weighted by Crippen LogP contribution is 2.29. The fourth-order valence-corrected chi connectivity index (χ4v) is 5.01. The third-order valence-electron chi connectivity index (χ3n) is 8.13. The summed E-state index contributed by atoms with van der Waals surface area (Å²) in [6, 6.07) is 25.2. The van der Waals surface area contributed by atoms with Crippen LogP contribution < -0.4 is 23.7 Å². The van der Waals surface area contributed by atoms with Crippen molar-refractivity contribution in [3.8, 4) is 28.7 Å². The van der Waals surface area contributed by atoms with Gasteiger partial charge in [0.1, 0.15) is 17.2 Å². The molecule has 4 aromatic rings. The Bertz CT molecular complexity index is 2060. The molecule has 0 atom stereocenters. The highest BCUT2D eigenvalue weighted by molar-refractivity contribution is 6.01. The van der Waals surface area contributed by atoms with Crippen molar-refractivity contribution in [2.75, 3.05) is 33.5 Å². The summed E-state index contributed by atoms with van der Waals surface area (Å²) in [5.74, 6) is 0.170. The van der Waals surface area contributed by atoms with E-state index in [1.54, 1.807) is 97.2 Å². The first-order valence-electron chi connectivity index (χ1n) is 18.6. The van der Waals surface area contributed by atoms with Crippen LogP contribution >= 0.6 is 0 Å². The van der Waals surface area contributed by atoms with Crippen molar-refractivity contribution in [3.05, 3.63) is 139 Å². The minimum atomic E-state index is -0.566. The van der Waals surface area contributed by atoms with Gasteiger partial charge in [-0.05, 0) is 134 Å². The maximum absolute atomic E-state index is 12.9. The van der Waals surface area contributed by atoms with Gasteiger partial charge < -0.3 is 33.2 Å². The van der Waals surface area contributed by atoms with E-state index in [2.05, 4.69) is 23.4 Å². The maximum Gasteiger partial charge on any atom is 0.343 e. The van der Waals surface area contributed by atoms with E-state index in [1.807, 2.05) is 6.92 Å². The van der Waals surface area contributed by atoms with Crippen LogP contribution in [-0.4, -0.2) is 69.3 Å². The van der Waals surface area contributed by atoms with E-state index in [9.17, 15) is 19.2 Å². The van der Waals surface area contributed by atoms with E-state index >= 15 is 0 Å². The molecule has 0 aliphatic rings. The monoisotopic (exact) mass is 790 g/mol. The van der Waals surface area contributed by atoms with Gasteiger partial charge in [-0.1, -0.05) is 20.1 Å². The van der Waals surface area contributed by atoms with Gasteiger partial charge >= 0.3 is 23.9 Å².